The third kappa shape index (κ3) is 12.3. The third-order valence-corrected chi connectivity index (χ3v) is 15.0. The molecule has 81 heavy (non-hydrogen) atoms. The Morgan fingerprint density at radius 2 is 1.42 bits per heavy atom. The van der Waals surface area contributed by atoms with Crippen LogP contribution < -0.4 is 25.7 Å². The first-order chi connectivity index (χ1) is 39.4. The molecule has 0 radical (unpaired) electrons. The first-order valence-corrected chi connectivity index (χ1v) is 27.8. The van der Waals surface area contributed by atoms with Crippen molar-refractivity contribution in [3.05, 3.63) is 155 Å². The average Bonchev–Trinajstić information content (AvgIpc) is 4.35. The Hall–Kier alpha value is -7.46. The summed E-state index contributed by atoms with van der Waals surface area (Å²) >= 11 is 0. The lowest BCUT2D eigenvalue weighted by atomic mass is 9.80. The number of alkyl halides is 2. The van der Waals surface area contributed by atoms with Crippen LogP contribution >= 0.6 is 16.9 Å². The van der Waals surface area contributed by atoms with Crippen LogP contribution in [-0.4, -0.2) is 121 Å². The van der Waals surface area contributed by atoms with E-state index < -0.39 is 83.8 Å². The maximum atomic E-state index is 18.0. The van der Waals surface area contributed by atoms with Crippen LogP contribution in [0, 0.1) is 17.2 Å². The van der Waals surface area contributed by atoms with Crippen LogP contribution in [0.4, 0.5) is 26.2 Å². The van der Waals surface area contributed by atoms with Gasteiger partial charge in [-0.3, -0.25) is 18.9 Å². The van der Waals surface area contributed by atoms with Crippen molar-refractivity contribution in [2.75, 3.05) is 51.2 Å². The highest BCUT2D eigenvalue weighted by atomic mass is 31.2. The lowest BCUT2D eigenvalue weighted by Gasteiger charge is -2.37. The molecule has 4 aromatic carbocycles. The predicted molar refractivity (Wildman–Crippen MR) is 291 cm³/mol. The smallest absolute Gasteiger partial charge is 0.497 e. The number of nitriles is 1. The van der Waals surface area contributed by atoms with Gasteiger partial charge in [0.25, 0.3) is 5.56 Å². The number of aromatic amines is 1. The normalized spacial score (nSPS) is 21.5. The number of H-pyrrole nitrogens is 1. The van der Waals surface area contributed by atoms with Gasteiger partial charge in [0.2, 0.25) is 5.95 Å². The number of imidazole rings is 2. The Kier molecular flexibility index (Phi) is 17.9. The van der Waals surface area contributed by atoms with E-state index in [0.717, 1.165) is 5.69 Å². The highest BCUT2D eigenvalue weighted by Crippen LogP contribution is 2.50. The number of rotatable bonds is 25. The monoisotopic (exact) mass is 1150 g/mol. The van der Waals surface area contributed by atoms with Gasteiger partial charge in [0.05, 0.1) is 59.2 Å². The van der Waals surface area contributed by atoms with Crippen molar-refractivity contribution in [3.8, 4) is 17.6 Å². The summed E-state index contributed by atoms with van der Waals surface area (Å²) < 4.78 is 105. The van der Waals surface area contributed by atoms with Crippen molar-refractivity contribution in [1.82, 2.24) is 39.0 Å². The van der Waals surface area contributed by atoms with Crippen molar-refractivity contribution in [2.24, 2.45) is 5.92 Å². The van der Waals surface area contributed by atoms with Crippen LogP contribution in [0.1, 0.15) is 49.4 Å². The summed E-state index contributed by atoms with van der Waals surface area (Å²) in [5.41, 5.74) is 1.10. The number of hydrogen-bond donors (Lipinski definition) is 4. The van der Waals surface area contributed by atoms with Gasteiger partial charge in [-0.15, -0.1) is 9.42 Å². The maximum absolute atomic E-state index is 18.0. The lowest BCUT2D eigenvalue weighted by molar-refractivity contribution is -0.0930. The second-order valence-corrected chi connectivity index (χ2v) is 20.9. The number of ether oxygens (including phenoxy) is 5. The Bertz CT molecular complexity index is 3460. The molecule has 0 saturated carbocycles. The number of methoxy groups -OCH3 is 2. The molecule has 23 nitrogen and oxygen atoms in total. The molecule has 0 aliphatic carbocycles. The molecule has 422 valence electrons. The quantitative estimate of drug-likeness (QED) is 0.0236. The van der Waals surface area contributed by atoms with E-state index in [1.54, 1.807) is 38.5 Å². The zero-order valence-electron chi connectivity index (χ0n) is 44.0. The van der Waals surface area contributed by atoms with Crippen molar-refractivity contribution >= 4 is 56.6 Å². The molecule has 2 aliphatic rings. The van der Waals surface area contributed by atoms with Gasteiger partial charge < -0.3 is 47.9 Å². The molecular formula is C54H56F2N11O12P2+. The molecular weight excluding hydrogens is 1090 g/mol. The Balaban J connectivity index is 0.993. The largest absolute Gasteiger partial charge is 0.695 e. The minimum atomic E-state index is -3.40. The molecule has 0 bridgehead atoms. The average molecular weight is 1150 g/mol. The van der Waals surface area contributed by atoms with Gasteiger partial charge in [0, 0.05) is 16.8 Å². The summed E-state index contributed by atoms with van der Waals surface area (Å²) in [6, 6.07) is 35.4. The molecule has 10 atom stereocenters. The fraction of sp³-hybridized carbons (Fsp3) is 0.352. The SMILES string of the molecule is COc1ccc(C(OC[C@H]2O[C@@H](n3cnc4c(Nc5ccccc5)ncnc43)[C@@H](F)[C@@H]2OP(OCCC#N)OC[C@H]2O[C@@H](n3cnc4c(=O)[nH]c(NCC(C)C)nc43)[C@H](O[P+](=O)O)[C@@H]2F)(c2ccccc2)c2ccc(OC)cc2)cc1. The van der Waals surface area contributed by atoms with Gasteiger partial charge in [-0.2, -0.15) is 10.2 Å². The van der Waals surface area contributed by atoms with E-state index in [2.05, 4.69) is 40.5 Å². The number of benzene rings is 4. The summed E-state index contributed by atoms with van der Waals surface area (Å²) in [4.78, 5) is 47.8. The van der Waals surface area contributed by atoms with Gasteiger partial charge in [-0.25, -0.2) is 28.7 Å². The topological polar surface area (TPSA) is 275 Å². The van der Waals surface area contributed by atoms with Gasteiger partial charge in [-0.05, 0) is 59.0 Å². The number of para-hydroxylation sites is 1. The Morgan fingerprint density at radius 1 is 0.790 bits per heavy atom. The first-order valence-electron chi connectivity index (χ1n) is 25.6. The van der Waals surface area contributed by atoms with E-state index in [4.69, 9.17) is 41.8 Å². The number of halogens is 2. The second kappa shape index (κ2) is 25.6. The highest BCUT2D eigenvalue weighted by molar-refractivity contribution is 7.41. The van der Waals surface area contributed by atoms with E-state index in [1.807, 2.05) is 105 Å². The van der Waals surface area contributed by atoms with Crippen molar-refractivity contribution in [2.45, 2.75) is 75.1 Å². The summed E-state index contributed by atoms with van der Waals surface area (Å²) in [6.45, 7) is 3.07. The van der Waals surface area contributed by atoms with E-state index in [-0.39, 0.29) is 48.3 Å². The van der Waals surface area contributed by atoms with Gasteiger partial charge in [0.1, 0.15) is 41.7 Å². The fourth-order valence-corrected chi connectivity index (χ4v) is 11.1. The molecule has 4 N–H and O–H groups in total. The summed E-state index contributed by atoms with van der Waals surface area (Å²) in [5, 5.41) is 15.9. The molecule has 8 aromatic rings. The maximum Gasteiger partial charge on any atom is 0.695 e. The number of nitrogens with zero attached hydrogens (tertiary/aromatic N) is 8. The van der Waals surface area contributed by atoms with E-state index in [9.17, 15) is 19.5 Å². The van der Waals surface area contributed by atoms with Crippen LogP contribution in [0.15, 0.2) is 133 Å². The van der Waals surface area contributed by atoms with E-state index in [0.29, 0.717) is 46.1 Å². The minimum Gasteiger partial charge on any atom is -0.497 e. The molecule has 2 fully saturated rings. The molecule has 10 rings (SSSR count). The van der Waals surface area contributed by atoms with Crippen LogP contribution in [-0.2, 0) is 42.5 Å². The number of fused-ring (bicyclic) bond motifs is 2. The van der Waals surface area contributed by atoms with Gasteiger partial charge in [-0.1, -0.05) is 86.6 Å². The van der Waals surface area contributed by atoms with Gasteiger partial charge in [0.15, 0.2) is 59.0 Å². The standard InChI is InChI=1S/C54H55F2N11O12P2/c1-32(2)26-58-53-64-49-44(50(68)65-53)62-31-67(49)52-46(78-80(69)70)41(55)39(76-52)28-75-81(74-25-11-24-57)79-45-40(77-51(42(45)56)66-30-61-43-47(59-29-60-48(43)66)63-36-14-9-6-10-15-36)27-73-54(33-12-7-5-8-13-33,34-16-20-37(71-3)21-17-34)35-18-22-38(72-4)23-19-35/h5-10,12-23,29-32,39-42,45-46,51-52H,11,25-28H2,1-4H3,(H3-,58,59,60,63,64,65,68,69,70)/p+1/t39-,40-,41-,42+,45-,46-,51-,52-,81?/m1/s1. The summed E-state index contributed by atoms with van der Waals surface area (Å²) in [6.07, 6.45) is -9.68. The third-order valence-electron chi connectivity index (χ3n) is 13.4. The second-order valence-electron chi connectivity index (χ2n) is 19.0. The van der Waals surface area contributed by atoms with Crippen LogP contribution in [0.25, 0.3) is 22.3 Å². The molecule has 2 aliphatic heterocycles. The van der Waals surface area contributed by atoms with E-state index >= 15 is 8.78 Å². The minimum absolute atomic E-state index is 0.0370. The molecule has 2 unspecified atom stereocenters. The number of nitrogens with one attached hydrogen (secondary N) is 3. The zero-order chi connectivity index (χ0) is 56.6. The van der Waals surface area contributed by atoms with Crippen LogP contribution in [0.2, 0.25) is 0 Å². The molecule has 0 spiro atoms. The van der Waals surface area contributed by atoms with Crippen LogP contribution in [0.5, 0.6) is 11.5 Å². The fourth-order valence-electron chi connectivity index (χ4n) is 9.51. The van der Waals surface area contributed by atoms with Crippen molar-refractivity contribution in [1.29, 1.82) is 5.26 Å². The highest BCUT2D eigenvalue weighted by Gasteiger charge is 2.54. The van der Waals surface area contributed by atoms with E-state index in [1.165, 1.54) is 28.1 Å². The molecule has 6 heterocycles. The van der Waals surface area contributed by atoms with Gasteiger partial charge >= 0.3 is 16.9 Å². The first kappa shape index (κ1) is 56.8. The molecule has 4 aromatic heterocycles. The van der Waals surface area contributed by atoms with Crippen molar-refractivity contribution < 1.29 is 60.0 Å². The number of hydrogen-bond acceptors (Lipinski definition) is 19. The Morgan fingerprint density at radius 3 is 2.06 bits per heavy atom. The number of anilines is 3. The zero-order valence-corrected chi connectivity index (χ0v) is 45.8. The molecule has 27 heteroatoms. The lowest BCUT2D eigenvalue weighted by Crippen LogP contribution is -2.40. The predicted octanol–water partition coefficient (Wildman–Crippen LogP) is 8.86. The summed E-state index contributed by atoms with van der Waals surface area (Å²) in [7, 11) is -3.01. The molecule has 0 amide bonds. The Labute approximate surface area is 464 Å². The van der Waals surface area contributed by atoms with Crippen LogP contribution in [0.3, 0.4) is 0 Å². The number of aromatic nitrogens is 8. The molecule has 2 saturated heterocycles. The van der Waals surface area contributed by atoms with Crippen molar-refractivity contribution in [3.63, 3.8) is 0 Å². The summed E-state index contributed by atoms with van der Waals surface area (Å²) in [5.74, 6) is 1.80.